The minimum absolute atomic E-state index is 0.0246. The Morgan fingerprint density at radius 2 is 1.74 bits per heavy atom. The van der Waals surface area contributed by atoms with Crippen LogP contribution >= 0.6 is 0 Å². The van der Waals surface area contributed by atoms with Crippen LogP contribution < -0.4 is 0 Å². The van der Waals surface area contributed by atoms with E-state index in [0.717, 1.165) is 44.9 Å². The average molecular weight is 481 g/mol. The summed E-state index contributed by atoms with van der Waals surface area (Å²) in [4.78, 5) is 23.4. The number of aliphatic hydroxyl groups is 2. The van der Waals surface area contributed by atoms with Crippen molar-refractivity contribution >= 4 is 12.1 Å². The van der Waals surface area contributed by atoms with Crippen LogP contribution in [0.4, 0.5) is 4.79 Å². The summed E-state index contributed by atoms with van der Waals surface area (Å²) in [5.74, 6) is 1.46. The number of ether oxygens (including phenoxy) is 3. The summed E-state index contributed by atoms with van der Waals surface area (Å²) in [7, 11) is 2.76. The number of hydrogen-bond acceptors (Lipinski definition) is 7. The highest BCUT2D eigenvalue weighted by atomic mass is 16.7. The van der Waals surface area contributed by atoms with Gasteiger partial charge >= 0.3 is 12.1 Å². The van der Waals surface area contributed by atoms with Gasteiger partial charge in [-0.3, -0.25) is 4.79 Å². The van der Waals surface area contributed by atoms with E-state index >= 15 is 0 Å². The van der Waals surface area contributed by atoms with E-state index in [9.17, 15) is 19.8 Å². The first-order valence-electron chi connectivity index (χ1n) is 13.2. The van der Waals surface area contributed by atoms with Gasteiger partial charge in [0, 0.05) is 6.42 Å². The summed E-state index contributed by atoms with van der Waals surface area (Å²) in [6, 6.07) is 0. The zero-order valence-corrected chi connectivity index (χ0v) is 21.5. The molecule has 0 heterocycles. The Morgan fingerprint density at radius 3 is 2.41 bits per heavy atom. The SMILES string of the molecule is COC(=O)CC[C@H](C)[C@H]1CC[C@H]2[C@@H]3[C@H](O)C[C@H]4C[C@H](OC(=O)OC)CC[C@]4(C)[C@H]3C[C@H](O)[C@]12C. The van der Waals surface area contributed by atoms with Gasteiger partial charge < -0.3 is 24.4 Å². The molecule has 4 aliphatic carbocycles. The molecule has 0 spiro atoms. The van der Waals surface area contributed by atoms with E-state index in [1.807, 2.05) is 0 Å². The number of methoxy groups -OCH3 is 2. The van der Waals surface area contributed by atoms with Crippen LogP contribution in [0.15, 0.2) is 0 Å². The van der Waals surface area contributed by atoms with E-state index in [0.29, 0.717) is 24.7 Å². The summed E-state index contributed by atoms with van der Waals surface area (Å²) < 4.78 is 15.0. The van der Waals surface area contributed by atoms with Crippen LogP contribution in [0.3, 0.4) is 0 Å². The van der Waals surface area contributed by atoms with Crippen LogP contribution in [0.25, 0.3) is 0 Å². The van der Waals surface area contributed by atoms with E-state index in [-0.39, 0.29) is 46.6 Å². The molecule has 0 bridgehead atoms. The van der Waals surface area contributed by atoms with Crippen molar-refractivity contribution in [1.82, 2.24) is 0 Å². The van der Waals surface area contributed by atoms with Crippen molar-refractivity contribution < 1.29 is 34.0 Å². The van der Waals surface area contributed by atoms with Gasteiger partial charge in [-0.05, 0) is 97.7 Å². The Morgan fingerprint density at radius 1 is 1.00 bits per heavy atom. The fourth-order valence-electron chi connectivity index (χ4n) is 9.05. The lowest BCUT2D eigenvalue weighted by Gasteiger charge is -2.63. The number of carbonyl (C=O) groups excluding carboxylic acids is 2. The number of aliphatic hydroxyl groups excluding tert-OH is 2. The number of carbonyl (C=O) groups is 2. The summed E-state index contributed by atoms with van der Waals surface area (Å²) in [5, 5.41) is 23.1. The second-order valence-electron chi connectivity index (χ2n) is 12.2. The van der Waals surface area contributed by atoms with Gasteiger partial charge in [0.25, 0.3) is 0 Å². The first-order valence-corrected chi connectivity index (χ1v) is 13.2. The predicted molar refractivity (Wildman–Crippen MR) is 126 cm³/mol. The molecule has 7 nitrogen and oxygen atoms in total. The van der Waals surface area contributed by atoms with E-state index in [1.54, 1.807) is 0 Å². The Balaban J connectivity index is 1.53. The molecule has 2 N–H and O–H groups in total. The molecule has 0 aromatic carbocycles. The summed E-state index contributed by atoms with van der Waals surface area (Å²) >= 11 is 0. The lowest BCUT2D eigenvalue weighted by Crippen LogP contribution is -2.62. The quantitative estimate of drug-likeness (QED) is 0.565. The molecule has 4 aliphatic rings. The van der Waals surface area contributed by atoms with Gasteiger partial charge in [0.05, 0.1) is 26.4 Å². The molecule has 0 aromatic rings. The molecular formula is C27H44O7. The first-order chi connectivity index (χ1) is 16.1. The van der Waals surface area contributed by atoms with Crippen LogP contribution in [0.1, 0.15) is 78.6 Å². The van der Waals surface area contributed by atoms with Crippen LogP contribution in [0.2, 0.25) is 0 Å². The molecule has 0 radical (unpaired) electrons. The molecule has 11 atom stereocenters. The van der Waals surface area contributed by atoms with Gasteiger partial charge in [0.2, 0.25) is 0 Å². The van der Waals surface area contributed by atoms with Gasteiger partial charge in [-0.1, -0.05) is 20.8 Å². The molecule has 4 fully saturated rings. The highest BCUT2D eigenvalue weighted by Crippen LogP contribution is 2.68. The van der Waals surface area contributed by atoms with E-state index < -0.39 is 18.4 Å². The third kappa shape index (κ3) is 4.15. The van der Waals surface area contributed by atoms with Crippen molar-refractivity contribution in [2.45, 2.75) is 96.9 Å². The van der Waals surface area contributed by atoms with Crippen LogP contribution in [0.5, 0.6) is 0 Å². The van der Waals surface area contributed by atoms with Crippen molar-refractivity contribution in [3.8, 4) is 0 Å². The van der Waals surface area contributed by atoms with Gasteiger partial charge in [-0.15, -0.1) is 0 Å². The zero-order valence-electron chi connectivity index (χ0n) is 21.5. The monoisotopic (exact) mass is 480 g/mol. The van der Waals surface area contributed by atoms with Gasteiger partial charge in [-0.2, -0.15) is 0 Å². The minimum atomic E-state index is -0.634. The van der Waals surface area contributed by atoms with E-state index in [1.165, 1.54) is 14.2 Å². The van der Waals surface area contributed by atoms with Crippen LogP contribution in [-0.2, 0) is 19.0 Å². The molecule has 0 saturated heterocycles. The molecule has 0 aromatic heterocycles. The Bertz CT molecular complexity index is 770. The highest BCUT2D eigenvalue weighted by molar-refractivity contribution is 5.69. The smallest absolute Gasteiger partial charge is 0.469 e. The Labute approximate surface area is 203 Å². The van der Waals surface area contributed by atoms with E-state index in [4.69, 9.17) is 14.2 Å². The topological polar surface area (TPSA) is 102 Å². The van der Waals surface area contributed by atoms with Gasteiger partial charge in [0.15, 0.2) is 0 Å². The molecule has 0 amide bonds. The Hall–Kier alpha value is -1.34. The van der Waals surface area contributed by atoms with Crippen molar-refractivity contribution in [3.05, 3.63) is 0 Å². The normalized spacial score (nSPS) is 46.4. The number of hydrogen-bond donors (Lipinski definition) is 2. The number of rotatable bonds is 5. The van der Waals surface area contributed by atoms with Crippen molar-refractivity contribution in [2.24, 2.45) is 46.3 Å². The second-order valence-corrected chi connectivity index (χ2v) is 12.2. The summed E-state index contributed by atoms with van der Waals surface area (Å²) in [6.07, 6.45) is 5.53. The third-order valence-electron chi connectivity index (χ3n) is 11.0. The molecule has 4 rings (SSSR count). The third-order valence-corrected chi connectivity index (χ3v) is 11.0. The minimum Gasteiger partial charge on any atom is -0.469 e. The summed E-state index contributed by atoms with van der Waals surface area (Å²) in [5.41, 5.74) is -0.219. The number of esters is 1. The lowest BCUT2D eigenvalue weighted by molar-refractivity contribution is -0.207. The summed E-state index contributed by atoms with van der Waals surface area (Å²) in [6.45, 7) is 6.79. The standard InChI is InChI=1S/C27H44O7/c1-15(6-9-23(30)32-4)18-7-8-19-24-20(14-22(29)27(18,19)3)26(2)11-10-17(34-25(31)33-5)12-16(26)13-21(24)28/h15-22,24,28-29H,6-14H2,1-5H3/t15-,16+,17+,18+,19-,20-,21+,22-,24-,26-,27+/m0/s1. The highest BCUT2D eigenvalue weighted by Gasteiger charge is 2.65. The molecule has 194 valence electrons. The maximum atomic E-state index is 11.7. The average Bonchev–Trinajstić information content (AvgIpc) is 3.17. The van der Waals surface area contributed by atoms with Crippen LogP contribution in [-0.4, -0.2) is 54.9 Å². The molecule has 34 heavy (non-hydrogen) atoms. The fourth-order valence-corrected chi connectivity index (χ4v) is 9.05. The first kappa shape index (κ1) is 25.7. The maximum Gasteiger partial charge on any atom is 0.508 e. The fraction of sp³-hybridized carbons (Fsp3) is 0.926. The van der Waals surface area contributed by atoms with E-state index in [2.05, 4.69) is 20.8 Å². The molecule has 0 unspecified atom stereocenters. The molecular weight excluding hydrogens is 436 g/mol. The number of fused-ring (bicyclic) bond motifs is 5. The largest absolute Gasteiger partial charge is 0.508 e. The van der Waals surface area contributed by atoms with Crippen molar-refractivity contribution in [2.75, 3.05) is 14.2 Å². The molecule has 7 heteroatoms. The zero-order chi connectivity index (χ0) is 24.8. The molecule has 0 aliphatic heterocycles. The predicted octanol–water partition coefficient (Wildman–Crippen LogP) is 4.33. The Kier molecular flexibility index (Phi) is 7.27. The van der Waals surface area contributed by atoms with Gasteiger partial charge in [0.1, 0.15) is 6.10 Å². The molecule has 4 saturated carbocycles. The van der Waals surface area contributed by atoms with Crippen molar-refractivity contribution in [3.63, 3.8) is 0 Å². The lowest BCUT2D eigenvalue weighted by atomic mass is 9.43. The van der Waals surface area contributed by atoms with Crippen LogP contribution in [0, 0.1) is 46.3 Å². The maximum absolute atomic E-state index is 11.7. The van der Waals surface area contributed by atoms with Gasteiger partial charge in [-0.25, -0.2) is 4.79 Å². The van der Waals surface area contributed by atoms with Crippen molar-refractivity contribution in [1.29, 1.82) is 0 Å². The second kappa shape index (κ2) is 9.61.